The number of piperidine rings is 1. The molecule has 9 nitrogen and oxygen atoms in total. The summed E-state index contributed by atoms with van der Waals surface area (Å²) in [5, 5.41) is 7.55. The van der Waals surface area contributed by atoms with E-state index < -0.39 is 0 Å². The minimum absolute atomic E-state index is 0.246. The fourth-order valence-electron chi connectivity index (χ4n) is 3.51. The van der Waals surface area contributed by atoms with E-state index in [0.29, 0.717) is 23.6 Å². The predicted octanol–water partition coefficient (Wildman–Crippen LogP) is 3.78. The molecule has 2 aromatic carbocycles. The van der Waals surface area contributed by atoms with Crippen LogP contribution in [0.4, 0.5) is 23.5 Å². The number of anilines is 4. The molecule has 0 unspecified atom stereocenters. The summed E-state index contributed by atoms with van der Waals surface area (Å²) in [7, 11) is 0. The van der Waals surface area contributed by atoms with Crippen LogP contribution in [0.25, 0.3) is 0 Å². The Balaban J connectivity index is 1.36. The van der Waals surface area contributed by atoms with Crippen LogP contribution >= 0.6 is 0 Å². The van der Waals surface area contributed by atoms with Crippen molar-refractivity contribution in [2.75, 3.05) is 35.5 Å². The molecule has 1 saturated heterocycles. The Morgan fingerprint density at radius 3 is 2.55 bits per heavy atom. The van der Waals surface area contributed by atoms with Crippen molar-refractivity contribution in [3.05, 3.63) is 54.1 Å². The Bertz CT molecular complexity index is 1070. The van der Waals surface area contributed by atoms with Crippen molar-refractivity contribution in [1.82, 2.24) is 15.0 Å². The minimum Gasteiger partial charge on any atom is -0.454 e. The molecule has 31 heavy (non-hydrogen) atoms. The maximum absolute atomic E-state index is 5.41. The molecule has 1 aromatic heterocycles. The first-order chi connectivity index (χ1) is 15.3. The summed E-state index contributed by atoms with van der Waals surface area (Å²) >= 11 is 0. The van der Waals surface area contributed by atoms with Crippen LogP contribution in [0, 0.1) is 0 Å². The molecule has 0 spiro atoms. The molecular weight excluding hydrogens is 394 g/mol. The van der Waals surface area contributed by atoms with Crippen molar-refractivity contribution in [3.63, 3.8) is 0 Å². The molecule has 0 radical (unpaired) electrons. The van der Waals surface area contributed by atoms with Gasteiger partial charge >= 0.3 is 0 Å². The summed E-state index contributed by atoms with van der Waals surface area (Å²) in [5.41, 5.74) is 4.72. The Labute approximate surface area is 180 Å². The topological polar surface area (TPSA) is 96.8 Å². The maximum Gasteiger partial charge on any atom is 0.250 e. The molecule has 0 saturated carbocycles. The smallest absolute Gasteiger partial charge is 0.250 e. The largest absolute Gasteiger partial charge is 0.454 e. The van der Waals surface area contributed by atoms with E-state index in [1.807, 2.05) is 48.5 Å². The van der Waals surface area contributed by atoms with Gasteiger partial charge in [0.25, 0.3) is 0 Å². The predicted molar refractivity (Wildman–Crippen MR) is 119 cm³/mol. The van der Waals surface area contributed by atoms with E-state index in [-0.39, 0.29) is 6.79 Å². The van der Waals surface area contributed by atoms with Crippen LogP contribution in [0.1, 0.15) is 24.8 Å². The average Bonchev–Trinajstić information content (AvgIpc) is 3.28. The first kappa shape index (κ1) is 19.1. The van der Waals surface area contributed by atoms with Crippen molar-refractivity contribution < 1.29 is 9.47 Å². The van der Waals surface area contributed by atoms with Crippen LogP contribution in [-0.2, 0) is 0 Å². The summed E-state index contributed by atoms with van der Waals surface area (Å²) in [4.78, 5) is 15.9. The van der Waals surface area contributed by atoms with Crippen LogP contribution in [-0.4, -0.2) is 41.0 Å². The molecule has 3 aromatic rings. The van der Waals surface area contributed by atoms with Crippen molar-refractivity contribution in [1.29, 1.82) is 0 Å². The van der Waals surface area contributed by atoms with Crippen LogP contribution < -0.4 is 25.1 Å². The normalized spacial score (nSPS) is 15.3. The van der Waals surface area contributed by atoms with Gasteiger partial charge in [0.1, 0.15) is 0 Å². The van der Waals surface area contributed by atoms with Gasteiger partial charge in [-0.2, -0.15) is 20.1 Å². The van der Waals surface area contributed by atoms with Gasteiger partial charge in [0.15, 0.2) is 11.5 Å². The number of benzene rings is 2. The lowest BCUT2D eigenvalue weighted by atomic mass is 10.1. The third-order valence-corrected chi connectivity index (χ3v) is 5.07. The number of hydrogen-bond acceptors (Lipinski definition) is 9. The summed E-state index contributed by atoms with van der Waals surface area (Å²) in [6.07, 6.45) is 5.20. The third-order valence-electron chi connectivity index (χ3n) is 5.07. The lowest BCUT2D eigenvalue weighted by Crippen LogP contribution is -2.31. The van der Waals surface area contributed by atoms with Gasteiger partial charge in [0.05, 0.1) is 6.21 Å². The number of ether oxygens (including phenoxy) is 2. The monoisotopic (exact) mass is 417 g/mol. The number of nitrogens with one attached hydrogen (secondary N) is 2. The summed E-state index contributed by atoms with van der Waals surface area (Å²) in [6.45, 7) is 2.12. The number of fused-ring (bicyclic) bond motifs is 1. The number of hydrazone groups is 1. The van der Waals surface area contributed by atoms with Gasteiger partial charge in [-0.15, -0.1) is 0 Å². The Kier molecular flexibility index (Phi) is 5.46. The van der Waals surface area contributed by atoms with Gasteiger partial charge in [0.2, 0.25) is 24.6 Å². The van der Waals surface area contributed by atoms with Gasteiger partial charge < -0.3 is 19.7 Å². The lowest BCUT2D eigenvalue weighted by molar-refractivity contribution is 0.174. The first-order valence-electron chi connectivity index (χ1n) is 10.4. The molecule has 0 aliphatic carbocycles. The zero-order chi connectivity index (χ0) is 20.9. The molecular formula is C22H23N7O2. The highest BCUT2D eigenvalue weighted by molar-refractivity contribution is 5.81. The molecule has 2 N–H and O–H groups in total. The number of rotatable bonds is 6. The Morgan fingerprint density at radius 2 is 1.68 bits per heavy atom. The molecule has 3 heterocycles. The molecule has 0 atom stereocenters. The maximum atomic E-state index is 5.41. The molecule has 5 rings (SSSR count). The van der Waals surface area contributed by atoms with E-state index in [9.17, 15) is 0 Å². The Morgan fingerprint density at radius 1 is 0.871 bits per heavy atom. The van der Waals surface area contributed by atoms with Crippen LogP contribution in [0.3, 0.4) is 0 Å². The van der Waals surface area contributed by atoms with E-state index in [4.69, 9.17) is 9.47 Å². The van der Waals surface area contributed by atoms with Crippen molar-refractivity contribution >= 4 is 29.7 Å². The number of para-hydroxylation sites is 1. The lowest BCUT2D eigenvalue weighted by Gasteiger charge is -2.26. The number of hydrogen-bond donors (Lipinski definition) is 2. The Hall–Kier alpha value is -3.88. The van der Waals surface area contributed by atoms with Crippen LogP contribution in [0.2, 0.25) is 0 Å². The summed E-state index contributed by atoms with van der Waals surface area (Å²) in [5.74, 6) is 2.96. The standard InChI is InChI=1S/C22H23N7O2/c1-3-7-17(8-4-1)24-20-25-21(27-22(26-20)29-11-5-2-6-12-29)28-23-14-16-9-10-18-19(13-16)31-15-30-18/h1,3-4,7-10,13-14H,2,5-6,11-12,15H2,(H2,24,25,26,27,28). The zero-order valence-electron chi connectivity index (χ0n) is 17.0. The van der Waals surface area contributed by atoms with Gasteiger partial charge in [-0.3, -0.25) is 0 Å². The average molecular weight is 417 g/mol. The summed E-state index contributed by atoms with van der Waals surface area (Å²) in [6, 6.07) is 15.5. The second-order valence-electron chi connectivity index (χ2n) is 7.30. The first-order valence-corrected chi connectivity index (χ1v) is 10.4. The molecule has 9 heteroatoms. The minimum atomic E-state index is 0.246. The highest BCUT2D eigenvalue weighted by Crippen LogP contribution is 2.32. The summed E-state index contributed by atoms with van der Waals surface area (Å²) < 4.78 is 10.7. The van der Waals surface area contributed by atoms with E-state index >= 15 is 0 Å². The van der Waals surface area contributed by atoms with Gasteiger partial charge in [-0.1, -0.05) is 18.2 Å². The molecule has 0 bridgehead atoms. The van der Waals surface area contributed by atoms with Crippen molar-refractivity contribution in [2.24, 2.45) is 5.10 Å². The van der Waals surface area contributed by atoms with Crippen LogP contribution in [0.15, 0.2) is 53.6 Å². The molecule has 2 aliphatic rings. The quantitative estimate of drug-likeness (QED) is 0.462. The van der Waals surface area contributed by atoms with Crippen molar-refractivity contribution in [3.8, 4) is 11.5 Å². The molecule has 1 fully saturated rings. The van der Waals surface area contributed by atoms with E-state index in [1.165, 1.54) is 6.42 Å². The second kappa shape index (κ2) is 8.86. The fraction of sp³-hybridized carbons (Fsp3) is 0.273. The SMILES string of the molecule is C(=NNc1nc(Nc2ccccc2)nc(N2CCCCC2)n1)c1ccc2c(c1)OCO2. The van der Waals surface area contributed by atoms with Crippen molar-refractivity contribution in [2.45, 2.75) is 19.3 Å². The highest BCUT2D eigenvalue weighted by Gasteiger charge is 2.16. The number of aromatic nitrogens is 3. The van der Waals surface area contributed by atoms with Gasteiger partial charge in [-0.25, -0.2) is 5.43 Å². The van der Waals surface area contributed by atoms with Crippen LogP contribution in [0.5, 0.6) is 11.5 Å². The highest BCUT2D eigenvalue weighted by atomic mass is 16.7. The van der Waals surface area contributed by atoms with Gasteiger partial charge in [-0.05, 0) is 55.2 Å². The van der Waals surface area contributed by atoms with Gasteiger partial charge in [0, 0.05) is 18.8 Å². The molecule has 2 aliphatic heterocycles. The molecule has 0 amide bonds. The number of nitrogens with zero attached hydrogens (tertiary/aromatic N) is 5. The van der Waals surface area contributed by atoms with E-state index in [2.05, 4.69) is 35.7 Å². The van der Waals surface area contributed by atoms with E-state index in [1.54, 1.807) is 6.21 Å². The van der Waals surface area contributed by atoms with E-state index in [0.717, 1.165) is 42.9 Å². The fourth-order valence-corrected chi connectivity index (χ4v) is 3.51. The second-order valence-corrected chi connectivity index (χ2v) is 7.30. The zero-order valence-corrected chi connectivity index (χ0v) is 17.0. The third kappa shape index (κ3) is 4.66. The molecule has 158 valence electrons.